The van der Waals surface area contributed by atoms with Gasteiger partial charge in [0.2, 0.25) is 5.91 Å². The van der Waals surface area contributed by atoms with Crippen LogP contribution in [0.5, 0.6) is 0 Å². The number of likely N-dealkylation sites (tertiary alicyclic amines) is 1. The van der Waals surface area contributed by atoms with Gasteiger partial charge in [0.15, 0.2) is 0 Å². The summed E-state index contributed by atoms with van der Waals surface area (Å²) in [5.74, 6) is -0.546. The van der Waals surface area contributed by atoms with Crippen LogP contribution in [0.25, 0.3) is 6.08 Å². The van der Waals surface area contributed by atoms with E-state index >= 15 is 0 Å². The van der Waals surface area contributed by atoms with Gasteiger partial charge >= 0.3 is 6.18 Å². The molecule has 29 heavy (non-hydrogen) atoms. The Bertz CT molecular complexity index is 934. The lowest BCUT2D eigenvalue weighted by molar-refractivity contribution is -0.137. The summed E-state index contributed by atoms with van der Waals surface area (Å²) in [6, 6.07) is 9.89. The largest absolute Gasteiger partial charge is 0.417 e. The second kappa shape index (κ2) is 8.69. The van der Waals surface area contributed by atoms with E-state index in [0.29, 0.717) is 11.3 Å². The summed E-state index contributed by atoms with van der Waals surface area (Å²) in [7, 11) is 0. The molecule has 1 heterocycles. The third kappa shape index (κ3) is 5.38. The Morgan fingerprint density at radius 1 is 1.03 bits per heavy atom. The fourth-order valence-electron chi connectivity index (χ4n) is 3.02. The Morgan fingerprint density at radius 2 is 1.69 bits per heavy atom. The first-order valence-corrected chi connectivity index (χ1v) is 9.37. The summed E-state index contributed by atoms with van der Waals surface area (Å²) >= 11 is 5.58. The molecule has 0 bridgehead atoms. The normalized spacial score (nSPS) is 14.4. The van der Waals surface area contributed by atoms with Crippen molar-refractivity contribution in [1.29, 1.82) is 0 Å². The van der Waals surface area contributed by atoms with Crippen LogP contribution in [0.15, 0.2) is 48.5 Å². The number of carbonyl (C=O) groups excluding carboxylic acids is 2. The SMILES string of the molecule is O=C(/C=C/c1ccc(Cl)c(C(F)(F)F)c1)Nc1ccc(C(=O)N2CCCC2)cc1. The molecule has 0 saturated carbocycles. The standard InChI is InChI=1S/C21H18ClF3N2O2/c22-18-9-3-14(13-17(18)21(23,24)25)4-10-19(28)26-16-7-5-15(6-8-16)20(29)27-11-1-2-12-27/h3-10,13H,1-2,11-12H2,(H,26,28)/b10-4+. The highest BCUT2D eigenvalue weighted by Crippen LogP contribution is 2.35. The Hall–Kier alpha value is -2.80. The van der Waals surface area contributed by atoms with Crippen LogP contribution >= 0.6 is 11.6 Å². The second-order valence-corrected chi connectivity index (χ2v) is 7.04. The van der Waals surface area contributed by atoms with Crippen molar-refractivity contribution in [3.63, 3.8) is 0 Å². The summed E-state index contributed by atoms with van der Waals surface area (Å²) in [4.78, 5) is 26.1. The zero-order valence-electron chi connectivity index (χ0n) is 15.3. The number of hydrogen-bond acceptors (Lipinski definition) is 2. The van der Waals surface area contributed by atoms with Gasteiger partial charge in [0.05, 0.1) is 10.6 Å². The molecule has 0 aromatic heterocycles. The number of halogens is 4. The molecule has 1 fully saturated rings. The quantitative estimate of drug-likeness (QED) is 0.684. The Labute approximate surface area is 171 Å². The van der Waals surface area contributed by atoms with Gasteiger partial charge in [-0.25, -0.2) is 0 Å². The van der Waals surface area contributed by atoms with Gasteiger partial charge in [-0.15, -0.1) is 0 Å². The first-order chi connectivity index (χ1) is 13.7. The van der Waals surface area contributed by atoms with Crippen molar-refractivity contribution < 1.29 is 22.8 Å². The van der Waals surface area contributed by atoms with Gasteiger partial charge in [0.1, 0.15) is 0 Å². The van der Waals surface area contributed by atoms with Crippen LogP contribution < -0.4 is 5.32 Å². The van der Waals surface area contributed by atoms with Gasteiger partial charge in [-0.2, -0.15) is 13.2 Å². The predicted molar refractivity (Wildman–Crippen MR) is 106 cm³/mol. The lowest BCUT2D eigenvalue weighted by Gasteiger charge is -2.15. The van der Waals surface area contributed by atoms with E-state index in [1.165, 1.54) is 12.1 Å². The molecule has 0 spiro atoms. The maximum Gasteiger partial charge on any atom is 0.417 e. The van der Waals surface area contributed by atoms with Crippen LogP contribution in [0.4, 0.5) is 18.9 Å². The molecule has 3 rings (SSSR count). The topological polar surface area (TPSA) is 49.4 Å². The molecule has 0 unspecified atom stereocenters. The number of carbonyl (C=O) groups is 2. The van der Waals surface area contributed by atoms with Crippen LogP contribution in [0.3, 0.4) is 0 Å². The maximum absolute atomic E-state index is 12.9. The molecule has 0 radical (unpaired) electrons. The molecule has 4 nitrogen and oxygen atoms in total. The van der Waals surface area contributed by atoms with Gasteiger partial charge in [-0.05, 0) is 60.9 Å². The third-order valence-electron chi connectivity index (χ3n) is 4.52. The molecule has 1 aliphatic rings. The smallest absolute Gasteiger partial charge is 0.339 e. The molecule has 1 aliphatic heterocycles. The van der Waals surface area contributed by atoms with Crippen molar-refractivity contribution >= 4 is 35.2 Å². The van der Waals surface area contributed by atoms with Crippen molar-refractivity contribution in [3.8, 4) is 0 Å². The van der Waals surface area contributed by atoms with Gasteiger partial charge in [-0.1, -0.05) is 17.7 Å². The van der Waals surface area contributed by atoms with Gasteiger partial charge in [-0.3, -0.25) is 9.59 Å². The molecule has 1 saturated heterocycles. The van der Waals surface area contributed by atoms with Crippen molar-refractivity contribution in [2.75, 3.05) is 18.4 Å². The van der Waals surface area contributed by atoms with E-state index in [4.69, 9.17) is 11.6 Å². The van der Waals surface area contributed by atoms with Crippen LogP contribution in [-0.2, 0) is 11.0 Å². The molecular weight excluding hydrogens is 405 g/mol. The van der Waals surface area contributed by atoms with E-state index in [0.717, 1.165) is 44.1 Å². The minimum Gasteiger partial charge on any atom is -0.339 e. The number of nitrogens with zero attached hydrogens (tertiary/aromatic N) is 1. The minimum absolute atomic E-state index is 0.0384. The molecular formula is C21H18ClF3N2O2. The second-order valence-electron chi connectivity index (χ2n) is 6.64. The van der Waals surface area contributed by atoms with Crippen molar-refractivity contribution in [1.82, 2.24) is 4.90 Å². The molecule has 2 aromatic carbocycles. The van der Waals surface area contributed by atoms with E-state index in [1.807, 2.05) is 0 Å². The van der Waals surface area contributed by atoms with Crippen LogP contribution in [0.1, 0.15) is 34.3 Å². The number of anilines is 1. The third-order valence-corrected chi connectivity index (χ3v) is 4.85. The average Bonchev–Trinajstić information content (AvgIpc) is 3.21. The van der Waals surface area contributed by atoms with E-state index < -0.39 is 22.7 Å². The zero-order chi connectivity index (χ0) is 21.0. The predicted octanol–water partition coefficient (Wildman–Crippen LogP) is 5.25. The molecule has 0 aliphatic carbocycles. The molecule has 1 N–H and O–H groups in total. The van der Waals surface area contributed by atoms with Crippen molar-refractivity contribution in [2.24, 2.45) is 0 Å². The number of rotatable bonds is 4. The summed E-state index contributed by atoms with van der Waals surface area (Å²) in [6.45, 7) is 1.51. The van der Waals surface area contributed by atoms with E-state index in [2.05, 4.69) is 5.32 Å². The highest BCUT2D eigenvalue weighted by atomic mass is 35.5. The zero-order valence-corrected chi connectivity index (χ0v) is 16.1. The molecule has 2 amide bonds. The first-order valence-electron chi connectivity index (χ1n) is 8.99. The Morgan fingerprint density at radius 3 is 2.31 bits per heavy atom. The van der Waals surface area contributed by atoms with Crippen LogP contribution in [0.2, 0.25) is 5.02 Å². The summed E-state index contributed by atoms with van der Waals surface area (Å²) in [5.41, 5.74) is 0.259. The highest BCUT2D eigenvalue weighted by molar-refractivity contribution is 6.31. The highest BCUT2D eigenvalue weighted by Gasteiger charge is 2.33. The van der Waals surface area contributed by atoms with Gasteiger partial charge < -0.3 is 10.2 Å². The molecule has 8 heteroatoms. The molecule has 152 valence electrons. The maximum atomic E-state index is 12.9. The Balaban J connectivity index is 1.63. The lowest BCUT2D eigenvalue weighted by atomic mass is 10.1. The minimum atomic E-state index is -4.57. The van der Waals surface area contributed by atoms with Crippen LogP contribution in [-0.4, -0.2) is 29.8 Å². The number of hydrogen-bond donors (Lipinski definition) is 1. The summed E-state index contributed by atoms with van der Waals surface area (Å²) < 4.78 is 38.7. The lowest BCUT2D eigenvalue weighted by Crippen LogP contribution is -2.27. The van der Waals surface area contributed by atoms with Crippen LogP contribution in [0, 0.1) is 0 Å². The number of benzene rings is 2. The molecule has 2 aromatic rings. The van der Waals surface area contributed by atoms with Crippen molar-refractivity contribution in [2.45, 2.75) is 19.0 Å². The Kier molecular flexibility index (Phi) is 6.27. The molecule has 0 atom stereocenters. The van der Waals surface area contributed by atoms with Gasteiger partial charge in [0.25, 0.3) is 5.91 Å². The van der Waals surface area contributed by atoms with E-state index in [9.17, 15) is 22.8 Å². The van der Waals surface area contributed by atoms with Gasteiger partial charge in [0, 0.05) is 30.4 Å². The summed E-state index contributed by atoms with van der Waals surface area (Å²) in [6.07, 6.45) is -0.162. The van der Waals surface area contributed by atoms with E-state index in [-0.39, 0.29) is 11.5 Å². The van der Waals surface area contributed by atoms with E-state index in [1.54, 1.807) is 29.2 Å². The monoisotopic (exact) mass is 422 g/mol. The average molecular weight is 423 g/mol. The fraction of sp³-hybridized carbons (Fsp3) is 0.238. The fourth-order valence-corrected chi connectivity index (χ4v) is 3.24. The number of nitrogens with one attached hydrogen (secondary N) is 1. The summed E-state index contributed by atoms with van der Waals surface area (Å²) in [5, 5.41) is 2.20. The number of alkyl halides is 3. The number of amides is 2. The van der Waals surface area contributed by atoms with Crippen molar-refractivity contribution in [3.05, 3.63) is 70.3 Å². The first kappa shape index (κ1) is 20.9.